The number of amidine groups is 1. The fraction of sp³-hybridized carbons (Fsp3) is 0.303. The van der Waals surface area contributed by atoms with Gasteiger partial charge in [-0.3, -0.25) is 4.79 Å². The number of anilines is 1. The summed E-state index contributed by atoms with van der Waals surface area (Å²) in [6, 6.07) is 63.0. The summed E-state index contributed by atoms with van der Waals surface area (Å²) in [7, 11) is -0.327. The predicted molar refractivity (Wildman–Crippen MR) is 446 cm³/mol. The number of carbonyl (C=O) groups is 5. The number of benzene rings is 8. The number of aromatic nitrogens is 4. The Kier molecular flexibility index (Phi) is 26.1. The predicted octanol–water partition coefficient (Wildman–Crippen LogP) is 10.7. The van der Waals surface area contributed by atoms with Crippen molar-refractivity contribution < 1.29 is 85.8 Å². The van der Waals surface area contributed by atoms with E-state index in [0.717, 1.165) is 44.5 Å². The minimum atomic E-state index is -5.05. The fourth-order valence-electron chi connectivity index (χ4n) is 15.8. The van der Waals surface area contributed by atoms with Gasteiger partial charge in [-0.05, 0) is 68.6 Å². The molecule has 5 amide bonds. The third-order valence-electron chi connectivity index (χ3n) is 21.9. The number of H-pyrrole nitrogens is 1. The zero-order valence-electron chi connectivity index (χ0n) is 66.4. The molecule has 0 saturated carbocycles. The molecule has 3 aliphatic heterocycles. The number of hydrogen-bond donors (Lipinski definition) is 8. The maximum atomic E-state index is 13.9. The number of aromatic amines is 1. The number of hydrogen-bond acceptors (Lipinski definition) is 23. The SMILES string of the molecule is [C-]#[N+]CCO[PH](O)(OC[C@H]1O[C@@H](N2C=CC(NC(=O)CCCN(C)C(=O)OCC3c4ccccc4-c4ccccc43)=NC2O)CC1O)OC1C[C@H](n2cnc3c(=O)[nH]c(NC(=O)CCNC(=O)c4ccc(CNC(=O)OCC5c6ccccc6-c6ccccc65)cc4)nc32)O[C@@H]1COC(c1ccccc1)(c1ccc(OC)cc1)c1ccc(OC)cc1. The summed E-state index contributed by atoms with van der Waals surface area (Å²) in [5, 5.41) is 33.8. The van der Waals surface area contributed by atoms with Crippen molar-refractivity contribution in [3.63, 3.8) is 0 Å². The van der Waals surface area contributed by atoms with Crippen LogP contribution in [-0.4, -0.2) is 191 Å². The molecule has 15 rings (SSSR count). The van der Waals surface area contributed by atoms with Crippen molar-refractivity contribution in [1.29, 1.82) is 0 Å². The summed E-state index contributed by atoms with van der Waals surface area (Å²) < 4.78 is 63.7. The van der Waals surface area contributed by atoms with Crippen LogP contribution in [0.5, 0.6) is 11.5 Å². The molecule has 5 aliphatic rings. The first-order valence-electron chi connectivity index (χ1n) is 39.6. The second-order valence-corrected chi connectivity index (χ2v) is 31.4. The van der Waals surface area contributed by atoms with Crippen LogP contribution in [-0.2, 0) is 59.0 Å². The first kappa shape index (κ1) is 83.5. The number of fused-ring (bicyclic) bond motifs is 7. The number of ether oxygens (including phenoxy) is 7. The Morgan fingerprint density at radius 2 is 1.24 bits per heavy atom. The van der Waals surface area contributed by atoms with Crippen LogP contribution < -0.4 is 36.3 Å². The third kappa shape index (κ3) is 18.9. The minimum absolute atomic E-state index is 0.0118. The zero-order chi connectivity index (χ0) is 84.2. The van der Waals surface area contributed by atoms with Gasteiger partial charge >= 0.3 is 426 Å². The van der Waals surface area contributed by atoms with Gasteiger partial charge in [-0.2, -0.15) is 0 Å². The second kappa shape index (κ2) is 37.8. The van der Waals surface area contributed by atoms with Crippen LogP contribution in [0.4, 0.5) is 15.5 Å². The summed E-state index contributed by atoms with van der Waals surface area (Å²) in [6.07, 6.45) is -5.57. The molecule has 31 nitrogen and oxygen atoms in total. The van der Waals surface area contributed by atoms with Crippen molar-refractivity contribution in [2.45, 2.75) is 99.3 Å². The Hall–Kier alpha value is -12.6. The first-order valence-corrected chi connectivity index (χ1v) is 41.3. The topological polar surface area (TPSA) is 373 Å². The molecule has 8 aromatic carbocycles. The number of nitrogens with one attached hydrogen (secondary N) is 5. The molecule has 2 saturated heterocycles. The molecule has 32 heteroatoms. The van der Waals surface area contributed by atoms with Gasteiger partial charge in [0.1, 0.15) is 13.2 Å². The Labute approximate surface area is 696 Å². The molecule has 0 spiro atoms. The van der Waals surface area contributed by atoms with Crippen LogP contribution in [0.3, 0.4) is 0 Å². The van der Waals surface area contributed by atoms with Gasteiger partial charge in [-0.1, -0.05) is 109 Å². The van der Waals surface area contributed by atoms with Gasteiger partial charge in [0.05, 0.1) is 0 Å². The van der Waals surface area contributed by atoms with Crippen molar-refractivity contribution in [2.75, 3.05) is 79.3 Å². The molecule has 3 unspecified atom stereocenters. The van der Waals surface area contributed by atoms with Gasteiger partial charge in [0.2, 0.25) is 0 Å². The molecule has 2 aromatic heterocycles. The molecule has 0 radical (unpaired) electrons. The summed E-state index contributed by atoms with van der Waals surface area (Å²) in [5.41, 5.74) is 9.58. The molecule has 626 valence electrons. The number of amides is 5. The molecule has 2 fully saturated rings. The van der Waals surface area contributed by atoms with Gasteiger partial charge in [0.25, 0.3) is 5.91 Å². The molecule has 8 N–H and O–H groups in total. The summed E-state index contributed by atoms with van der Waals surface area (Å²) in [5.74, 6) is -0.769. The van der Waals surface area contributed by atoms with E-state index < -0.39 is 99.1 Å². The summed E-state index contributed by atoms with van der Waals surface area (Å²) in [6.45, 7) is 6.73. The van der Waals surface area contributed by atoms with E-state index in [2.05, 4.69) is 70.3 Å². The molecule has 5 heterocycles. The molecule has 0 bridgehead atoms. The number of aliphatic imine (C=N–C) groups is 1. The van der Waals surface area contributed by atoms with Crippen LogP contribution >= 0.6 is 8.17 Å². The van der Waals surface area contributed by atoms with E-state index >= 15 is 0 Å². The Balaban J connectivity index is 0.592. The van der Waals surface area contributed by atoms with Crippen molar-refractivity contribution >= 4 is 61.0 Å². The van der Waals surface area contributed by atoms with Gasteiger partial charge in [0.15, 0.2) is 0 Å². The number of carbonyl (C=O) groups excluding carboxylic acids is 5. The number of alkyl carbamates (subject to hydrolysis) is 1. The number of methoxy groups -OCH3 is 2. The van der Waals surface area contributed by atoms with Crippen LogP contribution in [0.1, 0.15) is 105 Å². The molecule has 121 heavy (non-hydrogen) atoms. The van der Waals surface area contributed by atoms with Crippen LogP contribution in [0.2, 0.25) is 0 Å². The van der Waals surface area contributed by atoms with E-state index in [9.17, 15) is 43.9 Å². The van der Waals surface area contributed by atoms with Crippen LogP contribution in [0, 0.1) is 6.57 Å². The number of rotatable bonds is 33. The maximum absolute atomic E-state index is 13.9. The van der Waals surface area contributed by atoms with Crippen molar-refractivity contribution in [1.82, 2.24) is 45.3 Å². The van der Waals surface area contributed by atoms with Gasteiger partial charge in [0, 0.05) is 37.5 Å². The van der Waals surface area contributed by atoms with Crippen LogP contribution in [0.15, 0.2) is 229 Å². The number of aliphatic hydroxyl groups excluding tert-OH is 2. The summed E-state index contributed by atoms with van der Waals surface area (Å²) >= 11 is 0. The number of imidazole rings is 1. The Bertz CT molecular complexity index is 5420. The van der Waals surface area contributed by atoms with E-state index in [0.29, 0.717) is 45.7 Å². The second-order valence-electron chi connectivity index (χ2n) is 29.5. The van der Waals surface area contributed by atoms with Gasteiger partial charge in [-0.25, -0.2) is 9.59 Å². The van der Waals surface area contributed by atoms with E-state index in [4.69, 9.17) is 53.3 Å². The number of aliphatic hydroxyl groups is 2. The molecule has 2 aliphatic carbocycles. The fourth-order valence-corrected chi connectivity index (χ4v) is 17.4. The van der Waals surface area contributed by atoms with E-state index in [1.807, 2.05) is 127 Å². The average molecular weight is 1660 g/mol. The van der Waals surface area contributed by atoms with Gasteiger partial charge in [-0.15, -0.1) is 0 Å². The van der Waals surface area contributed by atoms with E-state index in [-0.39, 0.29) is 113 Å². The van der Waals surface area contributed by atoms with E-state index in [1.165, 1.54) is 33.0 Å². The van der Waals surface area contributed by atoms with Crippen molar-refractivity contribution in [3.05, 3.63) is 291 Å². The third-order valence-corrected chi connectivity index (χ3v) is 23.6. The van der Waals surface area contributed by atoms with Crippen molar-refractivity contribution in [2.24, 2.45) is 4.99 Å². The monoisotopic (exact) mass is 1660 g/mol. The Morgan fingerprint density at radius 1 is 0.661 bits per heavy atom. The molecule has 7 atom stereocenters. The zero-order valence-corrected chi connectivity index (χ0v) is 67.4. The molecule has 10 aromatic rings. The van der Waals surface area contributed by atoms with Crippen LogP contribution in [0.25, 0.3) is 38.3 Å². The van der Waals surface area contributed by atoms with Crippen molar-refractivity contribution in [3.8, 4) is 33.8 Å². The molecular weight excluding hydrogens is 1570 g/mol. The van der Waals surface area contributed by atoms with Gasteiger partial charge < -0.3 is 25.0 Å². The first-order chi connectivity index (χ1) is 58.9. The standard InChI is InChI=1S/C89H91N12O19P/c1-90-43-46-116-121(110,117-53-74-72(102)47-79(118-74)100-45-41-76(95-86(100)107)94-77(103)27-16-44-99(2)88(109)114-51-71-68-25-14-10-21-64(68)65-22-11-15-26-69(65)71)120-73-48-80(119-75(73)52-115-89(57-17-6-5-7-18-57,58-32-36-60(111-3)37-33-58)59-34-38-61(112-4)39-35-59)101-54-93-81-82(101)97-85(98-84(81)106)96-78(104)40-42-91-83(105)56-30-28-55(29-31-56)49-92-87(108)113-50-70-66-23-12-8-19-62(66)63-20-9-13-24-67(63)70/h5-15,17-26,28-39,41,45,54,70-75,79-80,86,102,107,110,121H,16,27,40,42-44,46-53H2,2-4H3,(H,91,105)(H,92,108)(H,94,95,103)(H2,96,97,98,104,106)/t72?,73?,74-,75-,79-,80-,86?/m1/s1. The number of nitrogens with zero attached hydrogens (tertiary/aromatic N) is 7. The average Bonchev–Trinajstić information content (AvgIpc) is 1.42. The quantitative estimate of drug-likeness (QED) is 0.00820. The van der Waals surface area contributed by atoms with E-state index in [1.54, 1.807) is 69.8 Å². The normalized spacial score (nSPS) is 18.6. The Morgan fingerprint density at radius 3 is 1.84 bits per heavy atom. The molecular formula is C89H91N12O19P. The summed E-state index contributed by atoms with van der Waals surface area (Å²) in [4.78, 5) is 115.